The van der Waals surface area contributed by atoms with E-state index < -0.39 is 21.9 Å². The van der Waals surface area contributed by atoms with Gasteiger partial charge in [0, 0.05) is 65.9 Å². The molecule has 6 unspecified atom stereocenters. The molecular formula is C51H85KN7O10S-. The van der Waals surface area contributed by atoms with Crippen molar-refractivity contribution < 1.29 is 98.0 Å². The van der Waals surface area contributed by atoms with Gasteiger partial charge >= 0.3 is 51.4 Å². The summed E-state index contributed by atoms with van der Waals surface area (Å²) in [5.74, 6) is 1.02. The number of rotatable bonds is 26. The monoisotopic (exact) mass is 1030 g/mol. The number of nitrogens with zero attached hydrogens (tertiary/aromatic N) is 1. The minimum atomic E-state index is -3.39. The first kappa shape index (κ1) is 69.0. The minimum Gasteiger partial charge on any atom is -0.542 e. The molecule has 0 radical (unpaired) electrons. The number of nitrogens with two attached hydrogens (primary N) is 2. The van der Waals surface area contributed by atoms with Crippen LogP contribution in [0.25, 0.3) is 0 Å². The molecular weight excluding hydrogens is 942 g/mol. The molecule has 2 aromatic carbocycles. The maximum Gasteiger partial charge on any atom is 1.00 e. The molecule has 8 N–H and O–H groups in total. The van der Waals surface area contributed by atoms with Gasteiger partial charge in [0.1, 0.15) is 36.7 Å². The molecule has 70 heavy (non-hydrogen) atoms. The number of hydrogen-bond donors (Lipinski definition) is 6. The third kappa shape index (κ3) is 23.6. The van der Waals surface area contributed by atoms with Crippen molar-refractivity contribution in [1.29, 1.82) is 0 Å². The van der Waals surface area contributed by atoms with Gasteiger partial charge in [-0.15, -0.1) is 0 Å². The Hall–Kier alpha value is -3.11. The second-order valence-corrected chi connectivity index (χ2v) is 19.2. The predicted octanol–water partition coefficient (Wildman–Crippen LogP) is 1.91. The van der Waals surface area contributed by atoms with Gasteiger partial charge in [0.2, 0.25) is 12.3 Å². The molecule has 392 valence electrons. The van der Waals surface area contributed by atoms with Crippen molar-refractivity contribution in [3.63, 3.8) is 0 Å². The van der Waals surface area contributed by atoms with Crippen LogP contribution in [0.1, 0.15) is 140 Å². The van der Waals surface area contributed by atoms with E-state index in [1.807, 2.05) is 33.9 Å². The second-order valence-electron chi connectivity index (χ2n) is 17.2. The van der Waals surface area contributed by atoms with E-state index >= 15 is 0 Å². The van der Waals surface area contributed by atoms with Crippen LogP contribution in [0.15, 0.2) is 41.3 Å². The van der Waals surface area contributed by atoms with Crippen LogP contribution >= 0.6 is 0 Å². The Balaban J connectivity index is 0. The summed E-state index contributed by atoms with van der Waals surface area (Å²) >= 11 is 0. The summed E-state index contributed by atoms with van der Waals surface area (Å²) in [6.45, 7) is 13.5. The van der Waals surface area contributed by atoms with E-state index in [1.54, 1.807) is 23.3 Å². The first-order chi connectivity index (χ1) is 32.7. The second kappa shape index (κ2) is 38.5. The van der Waals surface area contributed by atoms with Crippen molar-refractivity contribution in [3.05, 3.63) is 60.5 Å². The SMILES string of the molecule is CC.CCCCC(CC(C)N)NCCC1CCC(C(=O)NC(CCC=O)COc2cccc(S(C)(=O)=O)c2)N1C=O.CN.CNCCC1(C)COc2c1ccc1c2CNC1=O.O=[C-]CCCC=O.[CH3-].[K+]. The van der Waals surface area contributed by atoms with Crippen LogP contribution in [0, 0.1) is 7.43 Å². The van der Waals surface area contributed by atoms with E-state index in [2.05, 4.69) is 46.9 Å². The molecule has 0 aliphatic carbocycles. The van der Waals surface area contributed by atoms with E-state index in [0.717, 1.165) is 100 Å². The third-order valence-electron chi connectivity index (χ3n) is 11.8. The van der Waals surface area contributed by atoms with Crippen LogP contribution < -0.4 is 93.6 Å². The Labute approximate surface area is 462 Å². The largest absolute Gasteiger partial charge is 1.00 e. The van der Waals surface area contributed by atoms with Crippen molar-refractivity contribution in [2.75, 3.05) is 46.7 Å². The van der Waals surface area contributed by atoms with E-state index in [4.69, 9.17) is 15.2 Å². The molecule has 17 nitrogen and oxygen atoms in total. The number of carbonyl (C=O) groups excluding carboxylic acids is 6. The maximum absolute atomic E-state index is 13.2. The van der Waals surface area contributed by atoms with Gasteiger partial charge in [-0.2, -0.15) is 6.42 Å². The zero-order valence-corrected chi connectivity index (χ0v) is 47.8. The smallest absolute Gasteiger partial charge is 0.542 e. The molecule has 6 atom stereocenters. The van der Waals surface area contributed by atoms with Gasteiger partial charge in [0.15, 0.2) is 9.84 Å². The van der Waals surface area contributed by atoms with Crippen molar-refractivity contribution in [2.45, 2.75) is 165 Å². The van der Waals surface area contributed by atoms with Crippen LogP contribution in [0.2, 0.25) is 0 Å². The fourth-order valence-corrected chi connectivity index (χ4v) is 8.78. The average molecular weight is 1030 g/mol. The van der Waals surface area contributed by atoms with E-state index in [0.29, 0.717) is 57.0 Å². The van der Waals surface area contributed by atoms with Gasteiger partial charge in [-0.1, -0.05) is 59.1 Å². The molecule has 1 fully saturated rings. The Kier molecular flexibility index (Phi) is 37.9. The maximum atomic E-state index is 13.2. The molecule has 0 saturated carbocycles. The number of amides is 3. The topological polar surface area (TPSA) is 258 Å². The quantitative estimate of drug-likeness (QED) is 0.0341. The summed E-state index contributed by atoms with van der Waals surface area (Å²) in [6.07, 6.45) is 14.6. The summed E-state index contributed by atoms with van der Waals surface area (Å²) in [5.41, 5.74) is 13.6. The van der Waals surface area contributed by atoms with Gasteiger partial charge in [0.05, 0.1) is 17.5 Å². The van der Waals surface area contributed by atoms with E-state index in [-0.39, 0.29) is 106 Å². The summed E-state index contributed by atoms with van der Waals surface area (Å²) in [5, 5.41) is 12.6. The molecule has 3 aliphatic heterocycles. The van der Waals surface area contributed by atoms with Gasteiger partial charge < -0.3 is 68.9 Å². The number of carbonyl (C=O) groups is 5. The first-order valence-corrected chi connectivity index (χ1v) is 26.0. The van der Waals surface area contributed by atoms with Gasteiger partial charge in [-0.05, 0) is 103 Å². The number of ether oxygens (including phenoxy) is 2. The molecule has 0 bridgehead atoms. The number of hydrogen-bond acceptors (Lipinski definition) is 14. The van der Waals surface area contributed by atoms with Crippen LogP contribution in [0.5, 0.6) is 11.5 Å². The van der Waals surface area contributed by atoms with Gasteiger partial charge in [0.25, 0.3) is 5.91 Å². The summed E-state index contributed by atoms with van der Waals surface area (Å²) < 4.78 is 35.3. The fraction of sp³-hybridized carbons (Fsp3) is 0.627. The van der Waals surface area contributed by atoms with Crippen molar-refractivity contribution in [2.24, 2.45) is 11.5 Å². The summed E-state index contributed by atoms with van der Waals surface area (Å²) in [7, 11) is 0.0749. The Morgan fingerprint density at radius 3 is 2.36 bits per heavy atom. The van der Waals surface area contributed by atoms with E-state index in [9.17, 15) is 37.2 Å². The molecule has 3 heterocycles. The summed E-state index contributed by atoms with van der Waals surface area (Å²) in [6, 6.07) is 9.49. The number of unbranched alkanes of at least 4 members (excludes halogenated alkanes) is 3. The Morgan fingerprint density at radius 1 is 1.06 bits per heavy atom. The first-order valence-electron chi connectivity index (χ1n) is 24.1. The van der Waals surface area contributed by atoms with Crippen LogP contribution in [0.4, 0.5) is 0 Å². The van der Waals surface area contributed by atoms with Crippen molar-refractivity contribution >= 4 is 46.9 Å². The Bertz CT molecular complexity index is 1940. The van der Waals surface area contributed by atoms with Crippen molar-refractivity contribution in [3.8, 4) is 11.5 Å². The number of nitrogens with one attached hydrogen (secondary N) is 4. The fourth-order valence-electron chi connectivity index (χ4n) is 8.13. The molecule has 0 spiro atoms. The zero-order valence-electron chi connectivity index (χ0n) is 43.9. The molecule has 2 aromatic rings. The predicted molar refractivity (Wildman–Crippen MR) is 274 cm³/mol. The van der Waals surface area contributed by atoms with E-state index in [1.165, 1.54) is 24.7 Å². The molecule has 3 aliphatic rings. The van der Waals surface area contributed by atoms with Crippen LogP contribution in [-0.4, -0.2) is 127 Å². The number of benzene rings is 2. The third-order valence-corrected chi connectivity index (χ3v) is 12.9. The Morgan fingerprint density at radius 2 is 1.76 bits per heavy atom. The normalized spacial score (nSPS) is 18.3. The van der Waals surface area contributed by atoms with Gasteiger partial charge in [-0.3, -0.25) is 20.7 Å². The molecule has 1 saturated heterocycles. The standard InChI is InChI=1S/C28H46N4O6S.C14H18N2O2.C5H7O2.C2H6.CH5N.CH3.K/c1-4-5-8-22(17-21(2)29)30-15-14-24-12-13-27(32(24)20-34)28(35)31-23(9-7-16-33)19-38-25-10-6-11-26(18-25)39(3,36)37;1-14(5-6-15-2)8-18-12-10-7-16-13(17)9(10)3-4-11(12)14;6-4-2-1-3-5-7;2*1-2;;/h6,10-11,16,18,20-24,27,30H,4-5,7-9,12-15,17,19,29H2,1-3H3,(H,31,35);3-4,15H,5-8H2,1-2H3,(H,16,17);4H,1-3H2;1-2H3;2H2,1H3;1H3;/q;;-1;;;-1;+1. The zero-order chi connectivity index (χ0) is 51.1. The molecule has 5 rings (SSSR count). The minimum absolute atomic E-state index is 0. The number of aldehydes is 2. The average Bonchev–Trinajstić information content (AvgIpc) is 4.04. The van der Waals surface area contributed by atoms with Gasteiger partial charge in [-0.25, -0.2) is 8.42 Å². The molecule has 0 aromatic heterocycles. The van der Waals surface area contributed by atoms with Crippen molar-refractivity contribution in [1.82, 2.24) is 26.2 Å². The number of likely N-dealkylation sites (tertiary alicyclic amines) is 1. The van der Waals surface area contributed by atoms with Crippen LogP contribution in [0.3, 0.4) is 0 Å². The molecule has 3 amide bonds. The van der Waals surface area contributed by atoms with Crippen LogP contribution in [-0.2, 0) is 45.8 Å². The summed E-state index contributed by atoms with van der Waals surface area (Å²) in [4.78, 5) is 68.5. The molecule has 19 heteroatoms. The number of fused-ring (bicyclic) bond motifs is 3. The number of sulfone groups is 1.